The topological polar surface area (TPSA) is 78.9 Å². The standard InChI is InChI=1S/C51H98O6/c1-4-7-10-13-16-19-22-25-28-31-34-37-40-43-49(52)55-46-48(57-51(54)45-42-39-36-33-30-27-24-21-18-15-12-9-6-3)47-56-50(53)44-41-38-35-32-29-26-23-20-17-14-11-8-5-2/h48H,4-47H2,1-3H3/i49+2,50+2,51+2. The van der Waals surface area contributed by atoms with Gasteiger partial charge in [-0.1, -0.05) is 252 Å². The van der Waals surface area contributed by atoms with Crippen molar-refractivity contribution in [3.8, 4) is 0 Å². The van der Waals surface area contributed by atoms with Crippen molar-refractivity contribution in [1.82, 2.24) is 0 Å². The SMILES string of the molecule is CCCCCCCCCCCCCCC[14C](=O)OCC(CO[14C](=O)CCCCCCCCCCCCCCC)O[14C](=O)CCCCCCCCCCCCCCC. The average molecular weight is 813 g/mol. The number of unbranched alkanes of at least 4 members (excludes halogenated alkanes) is 36. The Morgan fingerprint density at radius 3 is 0.702 bits per heavy atom. The Balaban J connectivity index is 4.31. The van der Waals surface area contributed by atoms with Gasteiger partial charge in [-0.2, -0.15) is 0 Å². The van der Waals surface area contributed by atoms with Gasteiger partial charge in [0.2, 0.25) is 0 Å². The van der Waals surface area contributed by atoms with Crippen LogP contribution in [0.2, 0.25) is 0 Å². The van der Waals surface area contributed by atoms with E-state index in [-0.39, 0.29) is 31.1 Å². The van der Waals surface area contributed by atoms with Gasteiger partial charge < -0.3 is 14.2 Å². The molecule has 0 aromatic heterocycles. The molecule has 0 aliphatic carbocycles. The minimum atomic E-state index is -0.759. The van der Waals surface area contributed by atoms with Gasteiger partial charge in [0.05, 0.1) is 0 Å². The number of hydrogen-bond acceptors (Lipinski definition) is 6. The molecule has 6 heteroatoms. The van der Waals surface area contributed by atoms with E-state index in [1.807, 2.05) is 0 Å². The molecule has 0 saturated carbocycles. The van der Waals surface area contributed by atoms with Crippen molar-refractivity contribution >= 4 is 17.9 Å². The van der Waals surface area contributed by atoms with E-state index >= 15 is 0 Å². The summed E-state index contributed by atoms with van der Waals surface area (Å²) in [7, 11) is 0. The summed E-state index contributed by atoms with van der Waals surface area (Å²) in [5.74, 6) is -0.842. The first kappa shape index (κ1) is 55.4. The lowest BCUT2D eigenvalue weighted by atomic mass is 10.0. The van der Waals surface area contributed by atoms with Gasteiger partial charge in [-0.15, -0.1) is 0 Å². The highest BCUT2D eigenvalue weighted by Crippen LogP contribution is 2.16. The molecular weight excluding hydrogens is 715 g/mol. The number of ether oxygens (including phenoxy) is 3. The summed E-state index contributed by atoms with van der Waals surface area (Å²) in [5, 5.41) is 0. The fourth-order valence-electron chi connectivity index (χ4n) is 7.74. The molecule has 338 valence electrons. The normalized spacial score (nSPS) is 11.4. The van der Waals surface area contributed by atoms with Gasteiger partial charge in [-0.25, -0.2) is 0 Å². The molecule has 0 amide bonds. The number of hydrogen-bond donors (Lipinski definition) is 0. The minimum Gasteiger partial charge on any atom is -0.462 e. The van der Waals surface area contributed by atoms with Gasteiger partial charge in [0, 0.05) is 19.3 Å². The monoisotopic (exact) mass is 813 g/mol. The van der Waals surface area contributed by atoms with E-state index < -0.39 is 6.10 Å². The van der Waals surface area contributed by atoms with Gasteiger partial charge >= 0.3 is 17.9 Å². The molecule has 0 aliphatic rings. The molecule has 0 fully saturated rings. The molecule has 0 bridgehead atoms. The maximum atomic E-state index is 12.8. The number of esters is 3. The van der Waals surface area contributed by atoms with Crippen molar-refractivity contribution in [3.63, 3.8) is 0 Å². The molecule has 0 aliphatic heterocycles. The molecule has 0 atom stereocenters. The number of carbonyl (C=O) groups excluding carboxylic acids is 3. The quantitative estimate of drug-likeness (QED) is 0.0346. The average Bonchev–Trinajstić information content (AvgIpc) is 3.21. The van der Waals surface area contributed by atoms with Crippen molar-refractivity contribution in [2.45, 2.75) is 297 Å². The molecule has 0 spiro atoms. The Morgan fingerprint density at radius 1 is 0.281 bits per heavy atom. The van der Waals surface area contributed by atoms with Gasteiger partial charge in [0.25, 0.3) is 0 Å². The van der Waals surface area contributed by atoms with Gasteiger partial charge in [0.1, 0.15) is 13.2 Å². The van der Waals surface area contributed by atoms with E-state index in [4.69, 9.17) is 14.2 Å². The highest BCUT2D eigenvalue weighted by Gasteiger charge is 2.19. The molecule has 0 heterocycles. The van der Waals surface area contributed by atoms with Crippen molar-refractivity contribution in [2.75, 3.05) is 13.2 Å². The Hall–Kier alpha value is -1.59. The summed E-state index contributed by atoms with van der Waals surface area (Å²) < 4.78 is 16.8. The van der Waals surface area contributed by atoms with Crippen LogP contribution in [0.5, 0.6) is 0 Å². The van der Waals surface area contributed by atoms with Crippen LogP contribution in [-0.2, 0) is 28.6 Å². The third-order valence-corrected chi connectivity index (χ3v) is 11.6. The predicted molar refractivity (Wildman–Crippen MR) is 243 cm³/mol. The lowest BCUT2D eigenvalue weighted by Gasteiger charge is -2.18. The third-order valence-electron chi connectivity index (χ3n) is 11.6. The van der Waals surface area contributed by atoms with E-state index in [9.17, 15) is 14.4 Å². The van der Waals surface area contributed by atoms with Gasteiger partial charge in [0.15, 0.2) is 6.10 Å². The predicted octanol–water partition coefficient (Wildman–Crippen LogP) is 16.4. The van der Waals surface area contributed by atoms with Crippen LogP contribution in [0.1, 0.15) is 290 Å². The van der Waals surface area contributed by atoms with Crippen LogP contribution in [0.25, 0.3) is 0 Å². The molecule has 0 N–H and O–H groups in total. The first-order chi connectivity index (χ1) is 28.0. The first-order valence-corrected chi connectivity index (χ1v) is 25.5. The van der Waals surface area contributed by atoms with E-state index in [0.29, 0.717) is 19.3 Å². The van der Waals surface area contributed by atoms with Crippen LogP contribution in [0.4, 0.5) is 0 Å². The van der Waals surface area contributed by atoms with Crippen LogP contribution in [0.3, 0.4) is 0 Å². The lowest BCUT2D eigenvalue weighted by molar-refractivity contribution is -0.167. The van der Waals surface area contributed by atoms with Crippen LogP contribution < -0.4 is 0 Å². The molecule has 0 unspecified atom stereocenters. The van der Waals surface area contributed by atoms with Crippen molar-refractivity contribution in [3.05, 3.63) is 0 Å². The van der Waals surface area contributed by atoms with Crippen LogP contribution in [-0.4, -0.2) is 37.2 Å². The van der Waals surface area contributed by atoms with Crippen LogP contribution in [0, 0.1) is 0 Å². The van der Waals surface area contributed by atoms with Crippen LogP contribution in [0.15, 0.2) is 0 Å². The van der Waals surface area contributed by atoms with E-state index in [2.05, 4.69) is 20.8 Å². The fourth-order valence-corrected chi connectivity index (χ4v) is 7.74. The molecule has 0 aromatic rings. The Morgan fingerprint density at radius 2 is 0.474 bits per heavy atom. The minimum absolute atomic E-state index is 0.0619. The van der Waals surface area contributed by atoms with E-state index in [1.54, 1.807) is 0 Å². The second kappa shape index (κ2) is 47.1. The van der Waals surface area contributed by atoms with Gasteiger partial charge in [-0.05, 0) is 19.3 Å². The second-order valence-corrected chi connectivity index (χ2v) is 17.5. The molecule has 0 rings (SSSR count). The highest BCUT2D eigenvalue weighted by atomic mass is 16.8. The van der Waals surface area contributed by atoms with Crippen molar-refractivity contribution in [1.29, 1.82) is 0 Å². The summed E-state index contributed by atoms with van der Waals surface area (Å²) >= 11 is 0. The molecule has 0 radical (unpaired) electrons. The first-order valence-electron chi connectivity index (χ1n) is 25.5. The zero-order chi connectivity index (χ0) is 41.5. The summed E-state index contributed by atoms with van der Waals surface area (Å²) in [6, 6.07) is 0. The summed E-state index contributed by atoms with van der Waals surface area (Å²) in [6.07, 6.45) is 49.3. The van der Waals surface area contributed by atoms with Crippen molar-refractivity contribution < 1.29 is 28.6 Å². The zero-order valence-corrected chi connectivity index (χ0v) is 38.6. The van der Waals surface area contributed by atoms with E-state index in [1.165, 1.54) is 193 Å². The second-order valence-electron chi connectivity index (χ2n) is 17.5. The summed E-state index contributed by atoms with van der Waals surface area (Å²) in [5.41, 5.74) is 0. The maximum Gasteiger partial charge on any atom is 0.306 e. The third kappa shape index (κ3) is 45.3. The highest BCUT2D eigenvalue weighted by molar-refractivity contribution is 5.71. The maximum absolute atomic E-state index is 12.8. The molecule has 0 saturated heterocycles. The van der Waals surface area contributed by atoms with Gasteiger partial charge in [-0.3, -0.25) is 14.4 Å². The Kier molecular flexibility index (Phi) is 45.8. The summed E-state index contributed by atoms with van der Waals surface area (Å²) in [6.45, 7) is 6.67. The fraction of sp³-hybridized carbons (Fsp3) is 0.941. The Labute approximate surface area is 355 Å². The Bertz CT molecular complexity index is 798. The smallest absolute Gasteiger partial charge is 0.306 e. The lowest BCUT2D eigenvalue weighted by Crippen LogP contribution is -2.30. The van der Waals surface area contributed by atoms with Crippen molar-refractivity contribution in [2.24, 2.45) is 0 Å². The summed E-state index contributed by atoms with van der Waals surface area (Å²) in [4.78, 5) is 37.9. The van der Waals surface area contributed by atoms with Crippen LogP contribution >= 0.6 is 0 Å². The van der Waals surface area contributed by atoms with E-state index in [0.717, 1.165) is 57.8 Å². The molecule has 6 nitrogen and oxygen atoms in total. The number of rotatable bonds is 47. The number of carbonyl (C=O) groups is 3. The largest absolute Gasteiger partial charge is 0.462 e. The molecular formula is C51H98O6. The molecule has 57 heavy (non-hydrogen) atoms. The molecule has 0 aromatic carbocycles. The zero-order valence-electron chi connectivity index (χ0n) is 38.6.